The van der Waals surface area contributed by atoms with Crippen LogP contribution in [0.4, 0.5) is 5.69 Å². The highest BCUT2D eigenvalue weighted by atomic mass is 35.5. The number of benzene rings is 2. The molecule has 0 amide bonds. The normalized spacial score (nSPS) is 11.2. The van der Waals surface area contributed by atoms with Gasteiger partial charge in [0, 0.05) is 0 Å². The second kappa shape index (κ2) is 6.16. The number of anilines is 1. The first-order chi connectivity index (χ1) is 10.2. The summed E-state index contributed by atoms with van der Waals surface area (Å²) in [6.45, 7) is 1.51. The maximum Gasteiger partial charge on any atom is 0.336 e. The number of carboxylic acid groups (broad SMARTS) is 1. The van der Waals surface area contributed by atoms with E-state index in [4.69, 9.17) is 28.3 Å². The van der Waals surface area contributed by atoms with Crippen LogP contribution in [-0.4, -0.2) is 19.5 Å². The second-order valence-electron chi connectivity index (χ2n) is 4.44. The lowest BCUT2D eigenvalue weighted by atomic mass is 10.1. The Bertz CT molecular complexity index is 850. The molecule has 5 nitrogen and oxygen atoms in total. The first kappa shape index (κ1) is 16.6. The van der Waals surface area contributed by atoms with E-state index in [1.165, 1.54) is 43.3 Å². The van der Waals surface area contributed by atoms with E-state index in [0.717, 1.165) is 0 Å². The van der Waals surface area contributed by atoms with Gasteiger partial charge in [0.1, 0.15) is 4.90 Å². The fraction of sp³-hybridized carbons (Fsp3) is 0.0714. The van der Waals surface area contributed by atoms with Gasteiger partial charge in [0.25, 0.3) is 10.0 Å². The number of aromatic carboxylic acids is 1. The van der Waals surface area contributed by atoms with Crippen molar-refractivity contribution in [2.75, 3.05) is 4.72 Å². The number of carboxylic acids is 1. The monoisotopic (exact) mass is 359 g/mol. The van der Waals surface area contributed by atoms with Crippen molar-refractivity contribution in [3.63, 3.8) is 0 Å². The summed E-state index contributed by atoms with van der Waals surface area (Å²) < 4.78 is 27.1. The molecule has 0 bridgehead atoms. The zero-order chi connectivity index (χ0) is 16.5. The third-order valence-electron chi connectivity index (χ3n) is 3.01. The van der Waals surface area contributed by atoms with Crippen molar-refractivity contribution >= 4 is 44.9 Å². The number of carbonyl (C=O) groups is 1. The molecule has 0 heterocycles. The molecular formula is C14H11Cl2NO4S. The summed E-state index contributed by atoms with van der Waals surface area (Å²) >= 11 is 11.7. The molecule has 0 unspecified atom stereocenters. The average Bonchev–Trinajstić information content (AvgIpc) is 2.43. The number of hydrogen-bond acceptors (Lipinski definition) is 3. The lowest BCUT2D eigenvalue weighted by molar-refractivity contribution is 0.0696. The summed E-state index contributed by atoms with van der Waals surface area (Å²) in [6.07, 6.45) is 0. The minimum Gasteiger partial charge on any atom is -0.478 e. The SMILES string of the molecule is Cc1c(NS(=O)(=O)c2cccc(Cl)c2Cl)cccc1C(=O)O. The zero-order valence-corrected chi connectivity index (χ0v) is 13.6. The van der Waals surface area contributed by atoms with Crippen molar-refractivity contribution in [3.05, 3.63) is 57.6 Å². The van der Waals surface area contributed by atoms with Crippen LogP contribution < -0.4 is 4.72 Å². The number of nitrogens with one attached hydrogen (secondary N) is 1. The molecule has 0 spiro atoms. The number of halogens is 2. The van der Waals surface area contributed by atoms with E-state index >= 15 is 0 Å². The molecule has 0 radical (unpaired) electrons. The van der Waals surface area contributed by atoms with E-state index in [2.05, 4.69) is 4.72 Å². The molecule has 2 rings (SSSR count). The van der Waals surface area contributed by atoms with Crippen molar-refractivity contribution < 1.29 is 18.3 Å². The van der Waals surface area contributed by atoms with Crippen molar-refractivity contribution in [2.24, 2.45) is 0 Å². The van der Waals surface area contributed by atoms with Gasteiger partial charge in [-0.3, -0.25) is 4.72 Å². The Balaban J connectivity index is 2.48. The predicted molar refractivity (Wildman–Crippen MR) is 85.4 cm³/mol. The van der Waals surface area contributed by atoms with Crippen molar-refractivity contribution in [1.29, 1.82) is 0 Å². The molecule has 0 aromatic heterocycles. The molecule has 0 atom stereocenters. The first-order valence-electron chi connectivity index (χ1n) is 6.04. The Morgan fingerprint density at radius 1 is 1.14 bits per heavy atom. The third kappa shape index (κ3) is 3.19. The molecule has 8 heteroatoms. The molecule has 0 aliphatic heterocycles. The molecule has 2 aromatic rings. The molecule has 2 aromatic carbocycles. The van der Waals surface area contributed by atoms with Crippen LogP contribution in [0.2, 0.25) is 10.0 Å². The second-order valence-corrected chi connectivity index (χ2v) is 6.88. The standard InChI is InChI=1S/C14H11Cl2NO4S/c1-8-9(14(18)19)4-2-6-11(8)17-22(20,21)12-7-3-5-10(15)13(12)16/h2-7,17H,1H3,(H,18,19). The topological polar surface area (TPSA) is 83.5 Å². The molecule has 0 aliphatic carbocycles. The smallest absolute Gasteiger partial charge is 0.336 e. The molecule has 116 valence electrons. The lowest BCUT2D eigenvalue weighted by Gasteiger charge is -2.13. The van der Waals surface area contributed by atoms with Crippen LogP contribution in [0.1, 0.15) is 15.9 Å². The highest BCUT2D eigenvalue weighted by Crippen LogP contribution is 2.31. The van der Waals surface area contributed by atoms with E-state index in [1.54, 1.807) is 0 Å². The highest BCUT2D eigenvalue weighted by molar-refractivity contribution is 7.92. The van der Waals surface area contributed by atoms with Gasteiger partial charge in [-0.15, -0.1) is 0 Å². The van der Waals surface area contributed by atoms with Crippen molar-refractivity contribution in [2.45, 2.75) is 11.8 Å². The van der Waals surface area contributed by atoms with E-state index in [-0.39, 0.29) is 26.2 Å². The minimum atomic E-state index is -3.99. The minimum absolute atomic E-state index is 0.0115. The van der Waals surface area contributed by atoms with Crippen molar-refractivity contribution in [1.82, 2.24) is 0 Å². The Labute approximate surface area is 137 Å². The van der Waals surface area contributed by atoms with Crippen LogP contribution in [0, 0.1) is 6.92 Å². The highest BCUT2D eigenvalue weighted by Gasteiger charge is 2.21. The van der Waals surface area contributed by atoms with Crippen LogP contribution in [0.3, 0.4) is 0 Å². The molecule has 2 N–H and O–H groups in total. The van der Waals surface area contributed by atoms with Crippen LogP contribution in [0.5, 0.6) is 0 Å². The summed E-state index contributed by atoms with van der Waals surface area (Å²) in [6, 6.07) is 8.56. The quantitative estimate of drug-likeness (QED) is 0.869. The van der Waals surface area contributed by atoms with E-state index < -0.39 is 16.0 Å². The zero-order valence-electron chi connectivity index (χ0n) is 11.3. The van der Waals surface area contributed by atoms with Crippen LogP contribution >= 0.6 is 23.2 Å². The fourth-order valence-corrected chi connectivity index (χ4v) is 3.75. The predicted octanol–water partition coefficient (Wildman–Crippen LogP) is 3.80. The lowest BCUT2D eigenvalue weighted by Crippen LogP contribution is -2.15. The summed E-state index contributed by atoms with van der Waals surface area (Å²) in [5, 5.41) is 9.09. The Kier molecular flexibility index (Phi) is 4.65. The molecule has 0 saturated carbocycles. The number of sulfonamides is 1. The van der Waals surface area contributed by atoms with Gasteiger partial charge in [0.2, 0.25) is 0 Å². The van der Waals surface area contributed by atoms with Crippen LogP contribution in [0.15, 0.2) is 41.3 Å². The summed E-state index contributed by atoms with van der Waals surface area (Å²) in [4.78, 5) is 10.9. The maximum absolute atomic E-state index is 12.4. The first-order valence-corrected chi connectivity index (χ1v) is 8.27. The average molecular weight is 360 g/mol. The van der Waals surface area contributed by atoms with Gasteiger partial charge < -0.3 is 5.11 Å². The number of rotatable bonds is 4. The third-order valence-corrected chi connectivity index (χ3v) is 5.35. The molecule has 0 saturated heterocycles. The summed E-state index contributed by atoms with van der Waals surface area (Å²) in [5.74, 6) is -1.14. The fourth-order valence-electron chi connectivity index (χ4n) is 1.87. The van der Waals surface area contributed by atoms with Crippen molar-refractivity contribution in [3.8, 4) is 0 Å². The van der Waals surface area contributed by atoms with Gasteiger partial charge in [-0.2, -0.15) is 0 Å². The Morgan fingerprint density at radius 3 is 2.41 bits per heavy atom. The van der Waals surface area contributed by atoms with Gasteiger partial charge in [-0.05, 0) is 36.8 Å². The van der Waals surface area contributed by atoms with E-state index in [0.29, 0.717) is 5.56 Å². The van der Waals surface area contributed by atoms with Gasteiger partial charge >= 0.3 is 5.97 Å². The molecule has 0 aliphatic rings. The Hall–Kier alpha value is -1.76. The summed E-state index contributed by atoms with van der Waals surface area (Å²) in [5.41, 5.74) is 0.477. The van der Waals surface area contributed by atoms with Gasteiger partial charge in [0.05, 0.1) is 21.3 Å². The summed E-state index contributed by atoms with van der Waals surface area (Å²) in [7, 11) is -3.99. The van der Waals surface area contributed by atoms with Gasteiger partial charge in [-0.25, -0.2) is 13.2 Å². The molecule has 22 heavy (non-hydrogen) atoms. The van der Waals surface area contributed by atoms with E-state index in [1.807, 2.05) is 0 Å². The Morgan fingerprint density at radius 2 is 1.77 bits per heavy atom. The molecule has 0 fully saturated rings. The van der Waals surface area contributed by atoms with Gasteiger partial charge in [0.15, 0.2) is 0 Å². The van der Waals surface area contributed by atoms with Crippen LogP contribution in [0.25, 0.3) is 0 Å². The van der Waals surface area contributed by atoms with Crippen LogP contribution in [-0.2, 0) is 10.0 Å². The maximum atomic E-state index is 12.4. The molecular weight excluding hydrogens is 349 g/mol. The van der Waals surface area contributed by atoms with E-state index in [9.17, 15) is 13.2 Å². The van der Waals surface area contributed by atoms with Gasteiger partial charge in [-0.1, -0.05) is 35.3 Å². The number of hydrogen-bond donors (Lipinski definition) is 2. The largest absolute Gasteiger partial charge is 0.478 e.